The summed E-state index contributed by atoms with van der Waals surface area (Å²) in [5.41, 5.74) is 6.27. The highest BCUT2D eigenvalue weighted by molar-refractivity contribution is 5.78. The lowest BCUT2D eigenvalue weighted by molar-refractivity contribution is 0.0942. The first-order valence-corrected chi connectivity index (χ1v) is 13.1. The lowest BCUT2D eigenvalue weighted by Gasteiger charge is -2.35. The summed E-state index contributed by atoms with van der Waals surface area (Å²) in [5, 5.41) is 10.6. The van der Waals surface area contributed by atoms with Gasteiger partial charge in [0.2, 0.25) is 5.95 Å². The zero-order valence-electron chi connectivity index (χ0n) is 21.8. The van der Waals surface area contributed by atoms with Gasteiger partial charge in [0.1, 0.15) is 12.3 Å². The fraction of sp³-hybridized carbons (Fsp3) is 0.167. The van der Waals surface area contributed by atoms with Crippen LogP contribution in [-0.4, -0.2) is 62.3 Å². The minimum Gasteiger partial charge on any atom is -0.445 e. The van der Waals surface area contributed by atoms with Crippen molar-refractivity contribution in [3.63, 3.8) is 0 Å². The summed E-state index contributed by atoms with van der Waals surface area (Å²) in [4.78, 5) is 29.8. The number of nitrogens with one attached hydrogen (secondary N) is 2. The van der Waals surface area contributed by atoms with Gasteiger partial charge in [0.05, 0.1) is 5.69 Å². The quantitative estimate of drug-likeness (QED) is 0.297. The standard InChI is InChI=1S/C30H28N8O2/c39-30(40-21-22-5-2-1-3-6-22)38-17-15-37(16-18-38)25-10-8-24(9-11-25)34-29-32-14-12-27(35-29)26-20-33-36-28(26)23-7-4-13-31-19-23/h1-14,19-20H,15-18,21H2,(H,33,36)(H,32,34,35). The summed E-state index contributed by atoms with van der Waals surface area (Å²) in [6, 6.07) is 23.6. The third-order valence-electron chi connectivity index (χ3n) is 6.74. The van der Waals surface area contributed by atoms with Crippen LogP contribution in [0.15, 0.2) is 97.6 Å². The van der Waals surface area contributed by atoms with E-state index >= 15 is 0 Å². The maximum Gasteiger partial charge on any atom is 0.410 e. The van der Waals surface area contributed by atoms with E-state index in [9.17, 15) is 4.79 Å². The van der Waals surface area contributed by atoms with Crippen LogP contribution in [0.1, 0.15) is 5.56 Å². The Kier molecular flexibility index (Phi) is 7.29. The van der Waals surface area contributed by atoms with Crippen molar-refractivity contribution < 1.29 is 9.53 Å². The zero-order valence-corrected chi connectivity index (χ0v) is 21.8. The first kappa shape index (κ1) is 25.1. The van der Waals surface area contributed by atoms with E-state index in [2.05, 4.69) is 42.5 Å². The summed E-state index contributed by atoms with van der Waals surface area (Å²) < 4.78 is 5.48. The van der Waals surface area contributed by atoms with Gasteiger partial charge in [-0.2, -0.15) is 5.10 Å². The molecule has 0 atom stereocenters. The minimum absolute atomic E-state index is 0.270. The van der Waals surface area contributed by atoms with Crippen LogP contribution >= 0.6 is 0 Å². The molecule has 0 saturated carbocycles. The monoisotopic (exact) mass is 532 g/mol. The average Bonchev–Trinajstić information content (AvgIpc) is 3.52. The van der Waals surface area contributed by atoms with E-state index in [0.29, 0.717) is 19.0 Å². The molecule has 1 saturated heterocycles. The zero-order chi connectivity index (χ0) is 27.1. The molecule has 40 heavy (non-hydrogen) atoms. The predicted molar refractivity (Wildman–Crippen MR) is 153 cm³/mol. The van der Waals surface area contributed by atoms with Crippen LogP contribution in [0.4, 0.5) is 22.1 Å². The van der Waals surface area contributed by atoms with Crippen LogP contribution in [0, 0.1) is 0 Å². The molecule has 1 amide bonds. The van der Waals surface area contributed by atoms with Crippen molar-refractivity contribution in [1.29, 1.82) is 0 Å². The molecule has 200 valence electrons. The summed E-state index contributed by atoms with van der Waals surface area (Å²) in [6.07, 6.45) is 6.79. The smallest absolute Gasteiger partial charge is 0.410 e. The van der Waals surface area contributed by atoms with Gasteiger partial charge in [0.25, 0.3) is 0 Å². The van der Waals surface area contributed by atoms with Gasteiger partial charge in [-0.05, 0) is 48.0 Å². The Morgan fingerprint density at radius 1 is 0.925 bits per heavy atom. The molecule has 1 aliphatic rings. The fourth-order valence-corrected chi connectivity index (χ4v) is 4.62. The Labute approximate surface area is 231 Å². The maximum atomic E-state index is 12.5. The van der Waals surface area contributed by atoms with E-state index in [4.69, 9.17) is 9.72 Å². The maximum absolute atomic E-state index is 12.5. The molecular weight excluding hydrogens is 504 g/mol. The SMILES string of the molecule is O=C(OCc1ccccc1)N1CCN(c2ccc(Nc3nccc(-c4c[nH]nc4-c4cccnc4)n3)cc2)CC1. The second kappa shape index (κ2) is 11.6. The van der Waals surface area contributed by atoms with Crippen LogP contribution < -0.4 is 10.2 Å². The second-order valence-corrected chi connectivity index (χ2v) is 9.34. The van der Waals surface area contributed by atoms with E-state index in [1.165, 1.54) is 0 Å². The Bertz CT molecular complexity index is 1550. The highest BCUT2D eigenvalue weighted by Crippen LogP contribution is 2.29. The molecule has 10 heteroatoms. The second-order valence-electron chi connectivity index (χ2n) is 9.34. The molecule has 1 aliphatic heterocycles. The summed E-state index contributed by atoms with van der Waals surface area (Å²) in [6.45, 7) is 2.99. The van der Waals surface area contributed by atoms with Gasteiger partial charge >= 0.3 is 6.09 Å². The highest BCUT2D eigenvalue weighted by Gasteiger charge is 2.22. The molecule has 2 N–H and O–H groups in total. The van der Waals surface area contributed by atoms with Crippen LogP contribution in [0.5, 0.6) is 0 Å². The minimum atomic E-state index is -0.270. The van der Waals surface area contributed by atoms with Crippen molar-refractivity contribution in [3.05, 3.63) is 103 Å². The molecule has 10 nitrogen and oxygen atoms in total. The van der Waals surface area contributed by atoms with Crippen LogP contribution in [-0.2, 0) is 11.3 Å². The number of rotatable bonds is 7. The van der Waals surface area contributed by atoms with E-state index in [1.807, 2.05) is 66.9 Å². The molecule has 0 radical (unpaired) electrons. The van der Waals surface area contributed by atoms with Crippen molar-refractivity contribution in [2.75, 3.05) is 36.4 Å². The fourth-order valence-electron chi connectivity index (χ4n) is 4.62. The first-order valence-electron chi connectivity index (χ1n) is 13.1. The lowest BCUT2D eigenvalue weighted by atomic mass is 10.1. The van der Waals surface area contributed by atoms with Crippen molar-refractivity contribution in [3.8, 4) is 22.5 Å². The number of nitrogens with zero attached hydrogens (tertiary/aromatic N) is 6. The van der Waals surface area contributed by atoms with Gasteiger partial charge in [-0.25, -0.2) is 14.8 Å². The number of benzene rings is 2. The molecule has 0 unspecified atom stereocenters. The van der Waals surface area contributed by atoms with Gasteiger partial charge < -0.3 is 19.9 Å². The van der Waals surface area contributed by atoms with E-state index in [0.717, 1.165) is 52.5 Å². The van der Waals surface area contributed by atoms with E-state index in [1.54, 1.807) is 23.5 Å². The molecule has 4 heterocycles. The Balaban J connectivity index is 1.05. The number of carbonyl (C=O) groups is 1. The van der Waals surface area contributed by atoms with Crippen LogP contribution in [0.25, 0.3) is 22.5 Å². The molecule has 0 bridgehead atoms. The summed E-state index contributed by atoms with van der Waals surface area (Å²) >= 11 is 0. The molecule has 5 aromatic rings. The van der Waals surface area contributed by atoms with Gasteiger partial charge in [-0.15, -0.1) is 0 Å². The summed E-state index contributed by atoms with van der Waals surface area (Å²) in [5.74, 6) is 0.492. The third-order valence-corrected chi connectivity index (χ3v) is 6.74. The number of hydrogen-bond acceptors (Lipinski definition) is 8. The van der Waals surface area contributed by atoms with Crippen molar-refractivity contribution in [1.82, 2.24) is 30.0 Å². The predicted octanol–water partition coefficient (Wildman–Crippen LogP) is 5.13. The van der Waals surface area contributed by atoms with Crippen LogP contribution in [0.3, 0.4) is 0 Å². The molecule has 6 rings (SSSR count). The van der Waals surface area contributed by atoms with Gasteiger partial charge in [-0.1, -0.05) is 30.3 Å². The third kappa shape index (κ3) is 5.75. The van der Waals surface area contributed by atoms with Gasteiger partial charge in [0, 0.05) is 73.5 Å². The first-order chi connectivity index (χ1) is 19.7. The number of H-pyrrole nitrogens is 1. The van der Waals surface area contributed by atoms with E-state index < -0.39 is 0 Å². The number of anilines is 3. The molecule has 0 spiro atoms. The Hall–Kier alpha value is -5.25. The number of ether oxygens (including phenoxy) is 1. The Morgan fingerprint density at radius 3 is 2.52 bits per heavy atom. The molecule has 0 aliphatic carbocycles. The van der Waals surface area contributed by atoms with Crippen LogP contribution in [0.2, 0.25) is 0 Å². The van der Waals surface area contributed by atoms with Gasteiger partial charge in [0.15, 0.2) is 0 Å². The van der Waals surface area contributed by atoms with E-state index in [-0.39, 0.29) is 12.7 Å². The van der Waals surface area contributed by atoms with Crippen molar-refractivity contribution in [2.45, 2.75) is 6.61 Å². The summed E-state index contributed by atoms with van der Waals surface area (Å²) in [7, 11) is 0. The number of hydrogen-bond donors (Lipinski definition) is 2. The number of amides is 1. The normalized spacial score (nSPS) is 13.2. The molecular formula is C30H28N8O2. The molecule has 2 aromatic carbocycles. The average molecular weight is 533 g/mol. The lowest BCUT2D eigenvalue weighted by Crippen LogP contribution is -2.48. The number of piperazine rings is 1. The topological polar surface area (TPSA) is 112 Å². The van der Waals surface area contributed by atoms with Crippen molar-refractivity contribution in [2.24, 2.45) is 0 Å². The number of aromatic amines is 1. The molecule has 1 fully saturated rings. The van der Waals surface area contributed by atoms with Crippen molar-refractivity contribution >= 4 is 23.4 Å². The number of aromatic nitrogens is 5. The van der Waals surface area contributed by atoms with Gasteiger partial charge in [-0.3, -0.25) is 10.1 Å². The molecule has 3 aromatic heterocycles. The number of carbonyl (C=O) groups excluding carboxylic acids is 1. The Morgan fingerprint density at radius 2 is 1.75 bits per heavy atom. The highest BCUT2D eigenvalue weighted by atomic mass is 16.6. The largest absolute Gasteiger partial charge is 0.445 e. The number of pyridine rings is 1.